The molecule has 19 heavy (non-hydrogen) atoms. The van der Waals surface area contributed by atoms with Crippen molar-refractivity contribution in [1.82, 2.24) is 0 Å². The van der Waals surface area contributed by atoms with E-state index in [2.05, 4.69) is 15.9 Å². The molecule has 0 amide bonds. The third-order valence-corrected chi connectivity index (χ3v) is 4.41. The van der Waals surface area contributed by atoms with E-state index >= 15 is 0 Å². The van der Waals surface area contributed by atoms with Crippen LogP contribution in [0.4, 0.5) is 0 Å². The van der Waals surface area contributed by atoms with E-state index in [1.807, 2.05) is 13.8 Å². The van der Waals surface area contributed by atoms with Gasteiger partial charge in [0, 0.05) is 10.7 Å². The van der Waals surface area contributed by atoms with Crippen LogP contribution in [0, 0.1) is 0 Å². The van der Waals surface area contributed by atoms with E-state index in [0.29, 0.717) is 21.5 Å². The van der Waals surface area contributed by atoms with Crippen molar-refractivity contribution in [1.29, 1.82) is 0 Å². The molecule has 0 aliphatic heterocycles. The van der Waals surface area contributed by atoms with Gasteiger partial charge in [0.05, 0.1) is 24.4 Å². The topological polar surface area (TPSA) is 52.6 Å². The first-order valence-electron chi connectivity index (χ1n) is 5.56. The molecule has 0 saturated heterocycles. The molecule has 0 fully saturated rings. The van der Waals surface area contributed by atoms with Gasteiger partial charge in [-0.1, -0.05) is 13.8 Å². The molecule has 0 atom stereocenters. The Bertz CT molecular complexity index is 570. The second-order valence-electron chi connectivity index (χ2n) is 4.34. The van der Waals surface area contributed by atoms with Crippen LogP contribution in [0.2, 0.25) is 0 Å². The maximum absolute atomic E-state index is 11.3. The van der Waals surface area contributed by atoms with Crippen LogP contribution in [0.5, 0.6) is 11.5 Å². The monoisotopic (exact) mass is 370 g/mol. The van der Waals surface area contributed by atoms with Gasteiger partial charge in [-0.2, -0.15) is 0 Å². The molecule has 4 nitrogen and oxygen atoms in total. The minimum Gasteiger partial charge on any atom is -0.493 e. The second kappa shape index (κ2) is 6.33. The van der Waals surface area contributed by atoms with Crippen LogP contribution in [-0.4, -0.2) is 22.6 Å². The van der Waals surface area contributed by atoms with E-state index in [-0.39, 0.29) is 11.7 Å². The molecule has 0 N–H and O–H groups in total. The molecule has 1 aromatic carbocycles. The smallest absolute Gasteiger partial charge is 0.236 e. The third-order valence-electron chi connectivity index (χ3n) is 2.64. The average Bonchev–Trinajstić information content (AvgIpc) is 2.25. The average molecular weight is 372 g/mol. The first-order valence-corrected chi connectivity index (χ1v) is 8.84. The Labute approximate surface area is 126 Å². The molecule has 0 aromatic heterocycles. The number of halogens is 2. The van der Waals surface area contributed by atoms with Gasteiger partial charge < -0.3 is 9.47 Å². The molecule has 0 spiro atoms. The Morgan fingerprint density at radius 3 is 2.26 bits per heavy atom. The summed E-state index contributed by atoms with van der Waals surface area (Å²) >= 11 is 3.45. The van der Waals surface area contributed by atoms with Gasteiger partial charge in [-0.3, -0.25) is 0 Å². The van der Waals surface area contributed by atoms with Crippen molar-refractivity contribution >= 4 is 35.7 Å². The number of ether oxygens (including phenoxy) is 2. The fourth-order valence-electron chi connectivity index (χ4n) is 1.94. The first-order chi connectivity index (χ1) is 8.71. The van der Waals surface area contributed by atoms with E-state index in [4.69, 9.17) is 20.2 Å². The minimum absolute atomic E-state index is 0.114. The fourth-order valence-corrected chi connectivity index (χ4v) is 3.98. The summed E-state index contributed by atoms with van der Waals surface area (Å²) in [5.41, 5.74) is 1.46. The Morgan fingerprint density at radius 1 is 1.32 bits per heavy atom. The number of methoxy groups -OCH3 is 2. The molecule has 1 aromatic rings. The Kier molecular flexibility index (Phi) is 5.53. The van der Waals surface area contributed by atoms with Crippen molar-refractivity contribution in [2.45, 2.75) is 25.5 Å². The van der Waals surface area contributed by atoms with E-state index in [0.717, 1.165) is 5.56 Å². The van der Waals surface area contributed by atoms with Crippen molar-refractivity contribution < 1.29 is 17.9 Å². The lowest BCUT2D eigenvalue weighted by Gasteiger charge is -2.19. The van der Waals surface area contributed by atoms with Crippen LogP contribution >= 0.6 is 26.6 Å². The highest BCUT2D eigenvalue weighted by Crippen LogP contribution is 2.43. The van der Waals surface area contributed by atoms with Gasteiger partial charge >= 0.3 is 0 Å². The van der Waals surface area contributed by atoms with Gasteiger partial charge in [-0.05, 0) is 39.0 Å². The number of hydrogen-bond acceptors (Lipinski definition) is 4. The summed E-state index contributed by atoms with van der Waals surface area (Å²) in [5, 5.41) is 0. The molecule has 0 aliphatic carbocycles. The van der Waals surface area contributed by atoms with E-state index in [9.17, 15) is 8.42 Å². The lowest BCUT2D eigenvalue weighted by atomic mass is 9.97. The second-order valence-corrected chi connectivity index (χ2v) is 7.91. The van der Waals surface area contributed by atoms with Crippen molar-refractivity contribution in [2.75, 3.05) is 14.2 Å². The van der Waals surface area contributed by atoms with Crippen LogP contribution in [0.1, 0.15) is 30.9 Å². The number of hydrogen-bond donors (Lipinski definition) is 0. The fraction of sp³-hybridized carbons (Fsp3) is 0.500. The molecule has 108 valence electrons. The molecule has 0 heterocycles. The van der Waals surface area contributed by atoms with Crippen LogP contribution < -0.4 is 9.47 Å². The van der Waals surface area contributed by atoms with Crippen molar-refractivity contribution in [2.24, 2.45) is 0 Å². The van der Waals surface area contributed by atoms with Crippen LogP contribution in [-0.2, 0) is 14.8 Å². The summed E-state index contributed by atoms with van der Waals surface area (Å²) in [6.45, 7) is 3.94. The third kappa shape index (κ3) is 4.00. The number of rotatable bonds is 5. The summed E-state index contributed by atoms with van der Waals surface area (Å²) in [5.74, 6) is 0.875. The summed E-state index contributed by atoms with van der Waals surface area (Å²) in [4.78, 5) is 0. The quantitative estimate of drug-likeness (QED) is 0.741. The highest BCUT2D eigenvalue weighted by atomic mass is 79.9. The van der Waals surface area contributed by atoms with Crippen molar-refractivity contribution in [3.8, 4) is 11.5 Å². The van der Waals surface area contributed by atoms with Crippen LogP contribution in [0.15, 0.2) is 10.5 Å². The summed E-state index contributed by atoms with van der Waals surface area (Å²) in [6, 6.07) is 1.65. The SMILES string of the molecule is COc1cc(CS(=O)(=O)Cl)c(C(C)C)c(Br)c1OC. The number of benzene rings is 1. The van der Waals surface area contributed by atoms with Gasteiger partial charge in [0.15, 0.2) is 11.5 Å². The molecule has 7 heteroatoms. The normalized spacial score (nSPS) is 11.7. The predicted molar refractivity (Wildman–Crippen MR) is 79.8 cm³/mol. The Balaban J connectivity index is 3.56. The van der Waals surface area contributed by atoms with Crippen LogP contribution in [0.3, 0.4) is 0 Å². The van der Waals surface area contributed by atoms with Crippen molar-refractivity contribution in [3.05, 3.63) is 21.7 Å². The summed E-state index contributed by atoms with van der Waals surface area (Å²) < 4.78 is 33.8. The molecule has 0 bridgehead atoms. The Morgan fingerprint density at radius 2 is 1.89 bits per heavy atom. The largest absolute Gasteiger partial charge is 0.493 e. The van der Waals surface area contributed by atoms with Gasteiger partial charge in [-0.25, -0.2) is 8.42 Å². The van der Waals surface area contributed by atoms with Gasteiger partial charge in [0.25, 0.3) is 0 Å². The molecule has 0 unspecified atom stereocenters. The highest BCUT2D eigenvalue weighted by molar-refractivity contribution is 9.10. The van der Waals surface area contributed by atoms with Gasteiger partial charge in [-0.15, -0.1) is 0 Å². The van der Waals surface area contributed by atoms with Crippen molar-refractivity contribution in [3.63, 3.8) is 0 Å². The summed E-state index contributed by atoms with van der Waals surface area (Å²) in [6.07, 6.45) is 0. The molecule has 0 radical (unpaired) electrons. The predicted octanol–water partition coefficient (Wildman–Crippen LogP) is 3.66. The minimum atomic E-state index is -3.64. The molecular formula is C12H16BrClO4S. The van der Waals surface area contributed by atoms with E-state index in [1.165, 1.54) is 14.2 Å². The zero-order valence-corrected chi connectivity index (χ0v) is 14.3. The zero-order chi connectivity index (χ0) is 14.8. The highest BCUT2D eigenvalue weighted by Gasteiger charge is 2.22. The first kappa shape index (κ1) is 16.6. The van der Waals surface area contributed by atoms with Gasteiger partial charge in [0.2, 0.25) is 9.05 Å². The summed E-state index contributed by atoms with van der Waals surface area (Å²) in [7, 11) is 4.74. The molecule has 1 rings (SSSR count). The molecular weight excluding hydrogens is 356 g/mol. The Hall–Kier alpha value is -0.460. The van der Waals surface area contributed by atoms with E-state index < -0.39 is 9.05 Å². The zero-order valence-electron chi connectivity index (χ0n) is 11.2. The van der Waals surface area contributed by atoms with Crippen LogP contribution in [0.25, 0.3) is 0 Å². The maximum atomic E-state index is 11.3. The van der Waals surface area contributed by atoms with Gasteiger partial charge in [0.1, 0.15) is 0 Å². The van der Waals surface area contributed by atoms with E-state index in [1.54, 1.807) is 6.07 Å². The molecule has 0 aliphatic rings. The molecule has 0 saturated carbocycles. The lowest BCUT2D eigenvalue weighted by Crippen LogP contribution is -2.05. The lowest BCUT2D eigenvalue weighted by molar-refractivity contribution is 0.352. The standard InChI is InChI=1S/C12H16BrClO4S/c1-7(2)10-8(6-19(14,15)16)5-9(17-3)12(18-4)11(10)13/h5,7H,6H2,1-4H3. The maximum Gasteiger partial charge on any atom is 0.236 e.